The minimum atomic E-state index is -0.546. The molecule has 2 unspecified atom stereocenters. The maximum atomic E-state index is 9.17. The van der Waals surface area contributed by atoms with Crippen molar-refractivity contribution in [2.45, 2.75) is 25.4 Å². The third kappa shape index (κ3) is 5.99. The maximum absolute atomic E-state index is 9.17. The van der Waals surface area contributed by atoms with Crippen LogP contribution in [0.15, 0.2) is 0 Å². The van der Waals surface area contributed by atoms with Gasteiger partial charge in [-0.15, -0.1) is 0 Å². The van der Waals surface area contributed by atoms with Crippen LogP contribution < -0.4 is 5.32 Å². The van der Waals surface area contributed by atoms with Crippen LogP contribution in [0, 0.1) is 11.3 Å². The smallest absolute Gasteiger partial charge is 0.116 e. The summed E-state index contributed by atoms with van der Waals surface area (Å²) in [6.45, 7) is 6.72. The summed E-state index contributed by atoms with van der Waals surface area (Å²) in [7, 11) is 5.17. The van der Waals surface area contributed by atoms with Crippen LogP contribution in [0.4, 0.5) is 0 Å². The van der Waals surface area contributed by atoms with Crippen molar-refractivity contribution in [3.8, 4) is 6.07 Å². The molecule has 0 aliphatic rings. The fraction of sp³-hybridized carbons (Fsp3) is 0.917. The number of nitriles is 1. The van der Waals surface area contributed by atoms with Gasteiger partial charge in [-0.25, -0.2) is 0 Å². The van der Waals surface area contributed by atoms with Crippen LogP contribution in [0.5, 0.6) is 0 Å². The lowest BCUT2D eigenvalue weighted by atomic mass is 10.0. The summed E-state index contributed by atoms with van der Waals surface area (Å²) in [4.78, 5) is 2.20. The average Bonchev–Trinajstić information content (AvgIpc) is 2.34. The number of ether oxygens (including phenoxy) is 2. The lowest BCUT2D eigenvalue weighted by Gasteiger charge is -2.34. The molecule has 0 spiro atoms. The van der Waals surface area contributed by atoms with Gasteiger partial charge < -0.3 is 14.8 Å². The van der Waals surface area contributed by atoms with Crippen molar-refractivity contribution in [2.24, 2.45) is 0 Å². The molecule has 0 radical (unpaired) electrons. The maximum Gasteiger partial charge on any atom is 0.116 e. The van der Waals surface area contributed by atoms with Gasteiger partial charge in [0.25, 0.3) is 0 Å². The first kappa shape index (κ1) is 16.3. The Morgan fingerprint density at radius 1 is 1.41 bits per heavy atom. The second kappa shape index (κ2) is 8.43. The molecule has 0 rings (SSSR count). The third-order valence-electron chi connectivity index (χ3n) is 2.93. The van der Waals surface area contributed by atoms with E-state index in [9.17, 15) is 0 Å². The van der Waals surface area contributed by atoms with Gasteiger partial charge in [0, 0.05) is 33.4 Å². The molecule has 0 heterocycles. The van der Waals surface area contributed by atoms with Gasteiger partial charge >= 0.3 is 0 Å². The van der Waals surface area contributed by atoms with E-state index in [1.165, 1.54) is 0 Å². The van der Waals surface area contributed by atoms with Gasteiger partial charge in [-0.2, -0.15) is 5.26 Å². The van der Waals surface area contributed by atoms with Crippen LogP contribution in [-0.2, 0) is 9.47 Å². The van der Waals surface area contributed by atoms with Crippen LogP contribution in [0.25, 0.3) is 0 Å². The lowest BCUT2D eigenvalue weighted by molar-refractivity contribution is 0.0646. The fourth-order valence-corrected chi connectivity index (χ4v) is 1.59. The zero-order chi connectivity index (χ0) is 13.3. The van der Waals surface area contributed by atoms with E-state index in [1.807, 2.05) is 6.92 Å². The van der Waals surface area contributed by atoms with Crippen molar-refractivity contribution < 1.29 is 9.47 Å². The van der Waals surface area contributed by atoms with Gasteiger partial charge in [0.15, 0.2) is 0 Å². The van der Waals surface area contributed by atoms with Crippen molar-refractivity contribution in [3.63, 3.8) is 0 Å². The molecule has 2 atom stereocenters. The van der Waals surface area contributed by atoms with E-state index in [0.29, 0.717) is 19.8 Å². The van der Waals surface area contributed by atoms with E-state index in [-0.39, 0.29) is 6.04 Å². The summed E-state index contributed by atoms with van der Waals surface area (Å²) < 4.78 is 10.3. The minimum Gasteiger partial charge on any atom is -0.383 e. The second-order valence-electron chi connectivity index (χ2n) is 4.46. The molecule has 0 fully saturated rings. The highest BCUT2D eigenvalue weighted by Gasteiger charge is 2.27. The molecule has 0 saturated carbocycles. The number of hydrogen-bond acceptors (Lipinski definition) is 5. The Bertz CT molecular complexity index is 242. The van der Waals surface area contributed by atoms with Crippen LogP contribution >= 0.6 is 0 Å². The van der Waals surface area contributed by atoms with E-state index in [2.05, 4.69) is 23.2 Å². The molecule has 0 aromatic rings. The van der Waals surface area contributed by atoms with Crippen molar-refractivity contribution in [1.29, 1.82) is 5.26 Å². The number of nitrogens with zero attached hydrogens (tertiary/aromatic N) is 2. The average molecular weight is 243 g/mol. The molecule has 0 saturated heterocycles. The van der Waals surface area contributed by atoms with Gasteiger partial charge in [0.1, 0.15) is 5.54 Å². The van der Waals surface area contributed by atoms with E-state index >= 15 is 0 Å². The molecule has 1 N–H and O–H groups in total. The third-order valence-corrected chi connectivity index (χ3v) is 2.93. The summed E-state index contributed by atoms with van der Waals surface area (Å²) >= 11 is 0. The van der Waals surface area contributed by atoms with Gasteiger partial charge in [0.05, 0.1) is 19.3 Å². The minimum absolute atomic E-state index is 0.260. The molecule has 0 aromatic carbocycles. The Morgan fingerprint density at radius 2 is 2.06 bits per heavy atom. The predicted molar refractivity (Wildman–Crippen MR) is 67.9 cm³/mol. The summed E-state index contributed by atoms with van der Waals surface area (Å²) in [5.74, 6) is 0. The van der Waals surface area contributed by atoms with Crippen molar-refractivity contribution in [1.82, 2.24) is 10.2 Å². The molecule has 0 bridgehead atoms. The first-order chi connectivity index (χ1) is 8.02. The molecule has 17 heavy (non-hydrogen) atoms. The van der Waals surface area contributed by atoms with Gasteiger partial charge in [-0.1, -0.05) is 0 Å². The van der Waals surface area contributed by atoms with E-state index in [4.69, 9.17) is 14.7 Å². The number of hydrogen-bond donors (Lipinski definition) is 1. The highest BCUT2D eigenvalue weighted by molar-refractivity contribution is 5.05. The number of methoxy groups -OCH3 is 2. The Hall–Kier alpha value is -0.670. The molecule has 0 aromatic heterocycles. The number of likely N-dealkylation sites (N-methyl/N-ethyl adjacent to an activating group) is 1. The summed E-state index contributed by atoms with van der Waals surface area (Å²) in [6, 6.07) is 2.56. The molecular formula is C12H25N3O2. The second-order valence-corrected chi connectivity index (χ2v) is 4.46. The summed E-state index contributed by atoms with van der Waals surface area (Å²) in [6.07, 6.45) is 0. The monoisotopic (exact) mass is 243 g/mol. The Balaban J connectivity index is 4.52. The Labute approximate surface area is 105 Å². The summed E-state index contributed by atoms with van der Waals surface area (Å²) in [5, 5.41) is 12.2. The molecule has 0 amide bonds. The number of nitrogens with one attached hydrogen (secondary N) is 1. The zero-order valence-corrected chi connectivity index (χ0v) is 11.6. The molecule has 5 nitrogen and oxygen atoms in total. The molecule has 100 valence electrons. The lowest BCUT2D eigenvalue weighted by Crippen LogP contribution is -2.52. The molecule has 5 heteroatoms. The predicted octanol–water partition coefficient (Wildman–Crippen LogP) is 0.471. The first-order valence-electron chi connectivity index (χ1n) is 5.85. The zero-order valence-electron chi connectivity index (χ0n) is 11.6. The Kier molecular flexibility index (Phi) is 8.09. The van der Waals surface area contributed by atoms with Gasteiger partial charge in [-0.3, -0.25) is 4.90 Å². The standard InChI is InChI=1S/C12H25N3O2/c1-11(8-17-5)15(6-7-16-4)10-12(2,9-13)14-3/h11,14H,6-8,10H2,1-5H3. The van der Waals surface area contributed by atoms with Crippen LogP contribution in [-0.4, -0.2) is 64.1 Å². The first-order valence-corrected chi connectivity index (χ1v) is 5.85. The molecule has 0 aliphatic heterocycles. The van der Waals surface area contributed by atoms with E-state index in [1.54, 1.807) is 21.3 Å². The number of rotatable bonds is 9. The molecular weight excluding hydrogens is 218 g/mol. The van der Waals surface area contributed by atoms with Crippen LogP contribution in [0.2, 0.25) is 0 Å². The normalized spacial score (nSPS) is 16.5. The Morgan fingerprint density at radius 3 is 2.47 bits per heavy atom. The van der Waals surface area contributed by atoms with Crippen LogP contribution in [0.1, 0.15) is 13.8 Å². The molecule has 0 aliphatic carbocycles. The highest BCUT2D eigenvalue weighted by Crippen LogP contribution is 2.09. The van der Waals surface area contributed by atoms with E-state index in [0.717, 1.165) is 6.54 Å². The van der Waals surface area contributed by atoms with Crippen molar-refractivity contribution >= 4 is 0 Å². The van der Waals surface area contributed by atoms with Crippen LogP contribution in [0.3, 0.4) is 0 Å². The quantitative estimate of drug-likeness (QED) is 0.638. The van der Waals surface area contributed by atoms with Gasteiger partial charge in [-0.05, 0) is 20.9 Å². The van der Waals surface area contributed by atoms with Crippen molar-refractivity contribution in [2.75, 3.05) is 47.6 Å². The topological polar surface area (TPSA) is 57.5 Å². The largest absolute Gasteiger partial charge is 0.383 e. The SMILES string of the molecule is CNC(C)(C#N)CN(CCOC)C(C)COC. The summed E-state index contributed by atoms with van der Waals surface area (Å²) in [5.41, 5.74) is -0.546. The fourth-order valence-electron chi connectivity index (χ4n) is 1.59. The van der Waals surface area contributed by atoms with E-state index < -0.39 is 5.54 Å². The highest BCUT2D eigenvalue weighted by atomic mass is 16.5. The van der Waals surface area contributed by atoms with Gasteiger partial charge in [0.2, 0.25) is 0 Å². The van der Waals surface area contributed by atoms with Crippen molar-refractivity contribution in [3.05, 3.63) is 0 Å².